The van der Waals surface area contributed by atoms with Crippen LogP contribution in [0.4, 0.5) is 8.78 Å². The first-order valence-electron chi connectivity index (χ1n) is 10.3. The molecule has 2 amide bonds. The first kappa shape index (κ1) is 21.5. The summed E-state index contributed by atoms with van der Waals surface area (Å²) in [6, 6.07) is 16.5. The molecule has 1 aromatic heterocycles. The van der Waals surface area contributed by atoms with Crippen molar-refractivity contribution in [2.45, 2.75) is 31.9 Å². The molecule has 0 spiro atoms. The van der Waals surface area contributed by atoms with E-state index in [-0.39, 0.29) is 0 Å². The minimum atomic E-state index is -3.09. The monoisotopic (exact) mass is 436 g/mol. The summed E-state index contributed by atoms with van der Waals surface area (Å²) in [5, 5.41) is 13.8. The van der Waals surface area contributed by atoms with Crippen LogP contribution in [0.25, 0.3) is 10.8 Å². The Hall–Kier alpha value is -3.73. The molecule has 1 aliphatic heterocycles. The topological polar surface area (TPSA) is 78.1 Å². The number of halogens is 2. The normalized spacial score (nSPS) is 17.3. The minimum Gasteiger partial charge on any atom is -0.347 e. The van der Waals surface area contributed by atoms with Crippen LogP contribution in [0.5, 0.6) is 0 Å². The number of rotatable bonds is 5. The number of nitrogens with zero attached hydrogens (tertiary/aromatic N) is 3. The Bertz CT molecular complexity index is 1230. The van der Waals surface area contributed by atoms with Crippen LogP contribution in [0.3, 0.4) is 0 Å². The van der Waals surface area contributed by atoms with E-state index in [2.05, 4.69) is 17.4 Å². The Morgan fingerprint density at radius 2 is 1.94 bits per heavy atom. The number of amides is 2. The zero-order valence-corrected chi connectivity index (χ0v) is 17.5. The Morgan fingerprint density at radius 1 is 1.19 bits per heavy atom. The second-order valence-electron chi connectivity index (χ2n) is 8.09. The van der Waals surface area contributed by atoms with Gasteiger partial charge < -0.3 is 14.8 Å². The molecule has 8 heteroatoms. The van der Waals surface area contributed by atoms with Crippen molar-refractivity contribution in [3.05, 3.63) is 71.5 Å². The van der Waals surface area contributed by atoms with Crippen LogP contribution in [-0.2, 0) is 11.3 Å². The first-order chi connectivity index (χ1) is 15.3. The molecule has 1 N–H and O–H groups in total. The highest BCUT2D eigenvalue weighted by molar-refractivity contribution is 5.96. The van der Waals surface area contributed by atoms with Crippen LogP contribution in [-0.4, -0.2) is 46.3 Å². The van der Waals surface area contributed by atoms with Crippen LogP contribution >= 0.6 is 0 Å². The van der Waals surface area contributed by atoms with Gasteiger partial charge in [-0.25, -0.2) is 8.78 Å². The number of alkyl halides is 2. The summed E-state index contributed by atoms with van der Waals surface area (Å²) in [5.74, 6) is -4.26. The summed E-state index contributed by atoms with van der Waals surface area (Å²) in [6.45, 7) is 1.21. The molecule has 0 unspecified atom stereocenters. The second-order valence-corrected chi connectivity index (χ2v) is 8.09. The lowest BCUT2D eigenvalue weighted by atomic mass is 10.1. The van der Waals surface area contributed by atoms with Crippen molar-refractivity contribution in [1.29, 1.82) is 5.26 Å². The molecule has 164 valence electrons. The van der Waals surface area contributed by atoms with Crippen molar-refractivity contribution in [1.82, 2.24) is 14.8 Å². The van der Waals surface area contributed by atoms with E-state index in [0.717, 1.165) is 26.9 Å². The van der Waals surface area contributed by atoms with Gasteiger partial charge in [0.1, 0.15) is 6.04 Å². The zero-order valence-electron chi connectivity index (χ0n) is 17.5. The lowest BCUT2D eigenvalue weighted by Gasteiger charge is -2.19. The van der Waals surface area contributed by atoms with Gasteiger partial charge in [-0.2, -0.15) is 5.26 Å². The number of aromatic nitrogens is 1. The molecule has 1 fully saturated rings. The predicted molar refractivity (Wildman–Crippen MR) is 115 cm³/mol. The van der Waals surface area contributed by atoms with Crippen molar-refractivity contribution >= 4 is 22.6 Å². The third kappa shape index (κ3) is 4.47. The summed E-state index contributed by atoms with van der Waals surface area (Å²) < 4.78 is 29.0. The van der Waals surface area contributed by atoms with Crippen molar-refractivity contribution in [3.63, 3.8) is 0 Å². The first-order valence-corrected chi connectivity index (χ1v) is 10.3. The van der Waals surface area contributed by atoms with Crippen LogP contribution in [0.2, 0.25) is 0 Å². The van der Waals surface area contributed by atoms with E-state index >= 15 is 0 Å². The summed E-state index contributed by atoms with van der Waals surface area (Å²) >= 11 is 0. The molecule has 1 atom stereocenters. The predicted octanol–water partition coefficient (Wildman–Crippen LogP) is 3.49. The molecule has 3 aromatic rings. The highest BCUT2D eigenvalue weighted by Crippen LogP contribution is 2.31. The number of hydrogen-bond donors (Lipinski definition) is 1. The van der Waals surface area contributed by atoms with Gasteiger partial charge in [-0.05, 0) is 35.4 Å². The lowest BCUT2D eigenvalue weighted by molar-refractivity contribution is -0.131. The standard InChI is InChI=1S/C24H22F2N4O2/c1-16-8-20(14-29(16)13-17-6-7-18-4-2-3-5-19(18)9-17)23(32)28-12-22(31)30-15-24(25,26)10-21(30)11-27/h2-9,14,21H,10,12-13,15H2,1H3,(H,28,32)/t21-/m0/s1. The molecular formula is C24H22F2N4O2. The molecule has 2 aromatic carbocycles. The van der Waals surface area contributed by atoms with Gasteiger partial charge in [-0.15, -0.1) is 0 Å². The van der Waals surface area contributed by atoms with E-state index in [1.807, 2.05) is 41.8 Å². The van der Waals surface area contributed by atoms with Gasteiger partial charge in [0.05, 0.1) is 24.7 Å². The smallest absolute Gasteiger partial charge is 0.268 e. The molecule has 32 heavy (non-hydrogen) atoms. The maximum Gasteiger partial charge on any atom is 0.268 e. The summed E-state index contributed by atoms with van der Waals surface area (Å²) in [6.07, 6.45) is 1.02. The molecule has 0 radical (unpaired) electrons. The molecule has 6 nitrogen and oxygen atoms in total. The maximum absolute atomic E-state index is 13.5. The molecule has 0 aliphatic carbocycles. The lowest BCUT2D eigenvalue weighted by Crippen LogP contribution is -2.42. The maximum atomic E-state index is 13.5. The molecule has 1 saturated heterocycles. The highest BCUT2D eigenvalue weighted by atomic mass is 19.3. The number of carbonyl (C=O) groups is 2. The zero-order chi connectivity index (χ0) is 22.9. The number of nitrogens with one attached hydrogen (secondary N) is 1. The Labute approximate surface area is 184 Å². The van der Waals surface area contributed by atoms with Crippen molar-refractivity contribution < 1.29 is 18.4 Å². The molecule has 0 saturated carbocycles. The van der Waals surface area contributed by atoms with Crippen LogP contribution in [0.15, 0.2) is 54.7 Å². The van der Waals surface area contributed by atoms with E-state index in [1.54, 1.807) is 18.3 Å². The van der Waals surface area contributed by atoms with E-state index in [0.29, 0.717) is 12.1 Å². The van der Waals surface area contributed by atoms with Crippen LogP contribution < -0.4 is 5.32 Å². The quantitative estimate of drug-likeness (QED) is 0.665. The average Bonchev–Trinajstić information content (AvgIpc) is 3.30. The van der Waals surface area contributed by atoms with Gasteiger partial charge in [0.2, 0.25) is 5.91 Å². The summed E-state index contributed by atoms with van der Waals surface area (Å²) in [7, 11) is 0. The average molecular weight is 436 g/mol. The number of nitriles is 1. The highest BCUT2D eigenvalue weighted by Gasteiger charge is 2.47. The third-order valence-corrected chi connectivity index (χ3v) is 5.68. The number of benzene rings is 2. The number of fused-ring (bicyclic) bond motifs is 1. The number of hydrogen-bond acceptors (Lipinski definition) is 3. The summed E-state index contributed by atoms with van der Waals surface area (Å²) in [5.41, 5.74) is 2.33. The Kier molecular flexibility index (Phi) is 5.66. The van der Waals surface area contributed by atoms with Crippen LogP contribution in [0, 0.1) is 18.3 Å². The van der Waals surface area contributed by atoms with E-state index in [9.17, 15) is 18.4 Å². The van der Waals surface area contributed by atoms with Crippen LogP contribution in [0.1, 0.15) is 28.0 Å². The van der Waals surface area contributed by atoms with Crippen molar-refractivity contribution in [3.8, 4) is 6.07 Å². The van der Waals surface area contributed by atoms with Gasteiger partial charge in [-0.1, -0.05) is 36.4 Å². The van der Waals surface area contributed by atoms with Gasteiger partial charge >= 0.3 is 0 Å². The van der Waals surface area contributed by atoms with Crippen molar-refractivity contribution in [2.24, 2.45) is 0 Å². The van der Waals surface area contributed by atoms with E-state index in [1.165, 1.54) is 0 Å². The second kappa shape index (κ2) is 8.42. The largest absolute Gasteiger partial charge is 0.347 e. The molecule has 4 rings (SSSR count). The molecule has 2 heterocycles. The molecule has 1 aliphatic rings. The number of carbonyl (C=O) groups excluding carboxylic acids is 2. The fourth-order valence-corrected chi connectivity index (χ4v) is 4.00. The Balaban J connectivity index is 1.40. The molecule has 0 bridgehead atoms. The van der Waals surface area contributed by atoms with E-state index in [4.69, 9.17) is 5.26 Å². The SMILES string of the molecule is Cc1cc(C(=O)NCC(=O)N2CC(F)(F)C[C@H]2C#N)cn1Cc1ccc2ccccc2c1. The third-order valence-electron chi connectivity index (χ3n) is 5.68. The minimum absolute atomic E-state index is 0.375. The van der Waals surface area contributed by atoms with Gasteiger partial charge in [0.15, 0.2) is 0 Å². The van der Waals surface area contributed by atoms with Gasteiger partial charge in [0.25, 0.3) is 11.8 Å². The Morgan fingerprint density at radius 3 is 2.69 bits per heavy atom. The fourth-order valence-electron chi connectivity index (χ4n) is 4.00. The number of likely N-dealkylation sites (tertiary alicyclic amines) is 1. The van der Waals surface area contributed by atoms with E-state index < -0.39 is 43.3 Å². The van der Waals surface area contributed by atoms with Gasteiger partial charge in [0, 0.05) is 24.9 Å². The number of aryl methyl sites for hydroxylation is 1. The van der Waals surface area contributed by atoms with Crippen molar-refractivity contribution in [2.75, 3.05) is 13.1 Å². The van der Waals surface area contributed by atoms with Gasteiger partial charge in [-0.3, -0.25) is 9.59 Å². The summed E-state index contributed by atoms with van der Waals surface area (Å²) in [4.78, 5) is 25.6. The fraction of sp³-hybridized carbons (Fsp3) is 0.292. The molecular weight excluding hydrogens is 414 g/mol.